The zero-order valence-electron chi connectivity index (χ0n) is 10.1. The number of rotatable bonds is 5. The van der Waals surface area contributed by atoms with Gasteiger partial charge in [0.2, 0.25) is 0 Å². The van der Waals surface area contributed by atoms with Gasteiger partial charge in [-0.15, -0.1) is 11.8 Å². The topological polar surface area (TPSA) is 38.9 Å². The molecule has 0 aliphatic carbocycles. The van der Waals surface area contributed by atoms with E-state index in [9.17, 15) is 0 Å². The zero-order valence-corrected chi connectivity index (χ0v) is 11.0. The van der Waals surface area contributed by atoms with Gasteiger partial charge in [0, 0.05) is 16.5 Å². The highest BCUT2D eigenvalue weighted by Crippen LogP contribution is 2.30. The lowest BCUT2D eigenvalue weighted by Gasteiger charge is -2.07. The number of nitrogens with two attached hydrogens (primary N) is 1. The highest BCUT2D eigenvalue weighted by molar-refractivity contribution is 7.99. The number of hydrogen-bond acceptors (Lipinski definition) is 3. The average molecular weight is 246 g/mol. The van der Waals surface area contributed by atoms with Crippen LogP contribution in [0.5, 0.6) is 0 Å². The third-order valence-corrected chi connectivity index (χ3v) is 3.93. The molecule has 1 heterocycles. The second kappa shape index (κ2) is 5.92. The smallest absolute Gasteiger partial charge is 0.0942 e. The summed E-state index contributed by atoms with van der Waals surface area (Å²) >= 11 is 1.90. The average Bonchev–Trinajstić information content (AvgIpc) is 2.37. The van der Waals surface area contributed by atoms with Crippen LogP contribution in [0, 0.1) is 0 Å². The molecule has 0 aliphatic rings. The van der Waals surface area contributed by atoms with Crippen molar-refractivity contribution in [3.63, 3.8) is 0 Å². The first-order valence-corrected chi connectivity index (χ1v) is 7.07. The van der Waals surface area contributed by atoms with E-state index in [2.05, 4.69) is 24.0 Å². The van der Waals surface area contributed by atoms with E-state index in [0.29, 0.717) is 0 Å². The van der Waals surface area contributed by atoms with Crippen LogP contribution in [-0.2, 0) is 0 Å². The van der Waals surface area contributed by atoms with Crippen LogP contribution in [0.1, 0.15) is 26.2 Å². The Morgan fingerprint density at radius 3 is 2.94 bits per heavy atom. The van der Waals surface area contributed by atoms with Gasteiger partial charge in [0.25, 0.3) is 0 Å². The maximum absolute atomic E-state index is 5.93. The fourth-order valence-corrected chi connectivity index (χ4v) is 2.88. The summed E-state index contributed by atoms with van der Waals surface area (Å²) in [5.41, 5.74) is 7.62. The van der Waals surface area contributed by atoms with E-state index in [4.69, 9.17) is 5.73 Å². The van der Waals surface area contributed by atoms with Gasteiger partial charge in [-0.25, -0.2) is 0 Å². The second-order valence-corrected chi connectivity index (χ2v) is 5.24. The van der Waals surface area contributed by atoms with Crippen LogP contribution in [-0.4, -0.2) is 10.7 Å². The Morgan fingerprint density at radius 1 is 1.24 bits per heavy atom. The minimum Gasteiger partial charge on any atom is -0.397 e. The summed E-state index contributed by atoms with van der Waals surface area (Å²) in [6, 6.07) is 8.13. The maximum Gasteiger partial charge on any atom is 0.0942 e. The van der Waals surface area contributed by atoms with Gasteiger partial charge in [-0.2, -0.15) is 0 Å². The monoisotopic (exact) mass is 246 g/mol. The van der Waals surface area contributed by atoms with E-state index in [0.717, 1.165) is 11.2 Å². The van der Waals surface area contributed by atoms with Crippen LogP contribution >= 0.6 is 11.8 Å². The van der Waals surface area contributed by atoms with Crippen molar-refractivity contribution in [2.75, 3.05) is 11.5 Å². The predicted molar refractivity (Wildman–Crippen MR) is 76.4 cm³/mol. The molecule has 0 spiro atoms. The lowest BCUT2D eigenvalue weighted by molar-refractivity contribution is 0.778. The van der Waals surface area contributed by atoms with Crippen molar-refractivity contribution in [2.45, 2.75) is 31.1 Å². The molecule has 0 radical (unpaired) electrons. The van der Waals surface area contributed by atoms with E-state index in [-0.39, 0.29) is 0 Å². The summed E-state index contributed by atoms with van der Waals surface area (Å²) in [4.78, 5) is 5.64. The van der Waals surface area contributed by atoms with Crippen molar-refractivity contribution in [3.05, 3.63) is 30.5 Å². The number of nitrogen functional groups attached to an aromatic ring is 1. The van der Waals surface area contributed by atoms with Crippen molar-refractivity contribution >= 4 is 28.4 Å². The molecule has 0 aliphatic heterocycles. The summed E-state index contributed by atoms with van der Waals surface area (Å²) in [6.07, 6.45) is 5.64. The first kappa shape index (κ1) is 12.2. The van der Waals surface area contributed by atoms with Gasteiger partial charge in [0.15, 0.2) is 0 Å². The van der Waals surface area contributed by atoms with Crippen LogP contribution in [0.2, 0.25) is 0 Å². The Morgan fingerprint density at radius 2 is 2.12 bits per heavy atom. The molecule has 2 nitrogen and oxygen atoms in total. The van der Waals surface area contributed by atoms with E-state index in [1.54, 1.807) is 6.20 Å². The van der Waals surface area contributed by atoms with E-state index < -0.39 is 0 Å². The number of benzene rings is 1. The van der Waals surface area contributed by atoms with Crippen molar-refractivity contribution in [1.82, 2.24) is 4.98 Å². The Labute approximate surface area is 107 Å². The second-order valence-electron chi connectivity index (χ2n) is 4.11. The number of fused-ring (bicyclic) bond motifs is 1. The molecule has 1 aromatic heterocycles. The van der Waals surface area contributed by atoms with Crippen LogP contribution < -0.4 is 5.73 Å². The van der Waals surface area contributed by atoms with Gasteiger partial charge in [-0.3, -0.25) is 4.98 Å². The highest BCUT2D eigenvalue weighted by Gasteiger charge is 2.04. The summed E-state index contributed by atoms with van der Waals surface area (Å²) in [7, 11) is 0. The molecule has 3 heteroatoms. The number of thioether (sulfide) groups is 1. The van der Waals surface area contributed by atoms with Gasteiger partial charge in [-0.1, -0.05) is 25.8 Å². The Hall–Kier alpha value is -1.22. The summed E-state index contributed by atoms with van der Waals surface area (Å²) in [5, 5.41) is 1.17. The third-order valence-electron chi connectivity index (χ3n) is 2.77. The third kappa shape index (κ3) is 2.91. The molecular weight excluding hydrogens is 228 g/mol. The Bertz CT molecular complexity index is 497. The molecule has 0 unspecified atom stereocenters. The van der Waals surface area contributed by atoms with Gasteiger partial charge < -0.3 is 5.73 Å². The summed E-state index contributed by atoms with van der Waals surface area (Å²) < 4.78 is 0. The first-order chi connectivity index (χ1) is 8.33. The fraction of sp³-hybridized carbons (Fsp3) is 0.357. The molecule has 2 N–H and O–H groups in total. The fourth-order valence-electron chi connectivity index (χ4n) is 1.83. The molecule has 0 saturated carbocycles. The Balaban J connectivity index is 2.20. The standard InChI is InChI=1S/C14H18N2S/c1-2-3-4-10-17-13-8-7-12(15)14-11(13)6-5-9-16-14/h5-9H,2-4,10,15H2,1H3. The molecule has 0 fully saturated rings. The number of nitrogens with zero attached hydrogens (tertiary/aromatic N) is 1. The molecule has 0 saturated heterocycles. The van der Waals surface area contributed by atoms with Crippen molar-refractivity contribution in [2.24, 2.45) is 0 Å². The Kier molecular flexibility index (Phi) is 4.26. The van der Waals surface area contributed by atoms with Gasteiger partial charge in [0.05, 0.1) is 11.2 Å². The number of pyridine rings is 1. The zero-order chi connectivity index (χ0) is 12.1. The number of hydrogen-bond donors (Lipinski definition) is 1. The number of unbranched alkanes of at least 4 members (excludes halogenated alkanes) is 2. The lowest BCUT2D eigenvalue weighted by Crippen LogP contribution is -1.91. The van der Waals surface area contributed by atoms with E-state index in [1.807, 2.05) is 23.9 Å². The predicted octanol–water partition coefficient (Wildman–Crippen LogP) is 4.10. The van der Waals surface area contributed by atoms with Gasteiger partial charge in [-0.05, 0) is 30.4 Å². The van der Waals surface area contributed by atoms with Crippen molar-refractivity contribution in [1.29, 1.82) is 0 Å². The maximum atomic E-state index is 5.93. The normalized spacial score (nSPS) is 10.9. The van der Waals surface area contributed by atoms with Gasteiger partial charge >= 0.3 is 0 Å². The van der Waals surface area contributed by atoms with Crippen LogP contribution in [0.15, 0.2) is 35.4 Å². The van der Waals surface area contributed by atoms with Crippen LogP contribution in [0.25, 0.3) is 10.9 Å². The molecular formula is C14H18N2S. The van der Waals surface area contributed by atoms with Crippen molar-refractivity contribution in [3.8, 4) is 0 Å². The van der Waals surface area contributed by atoms with E-state index >= 15 is 0 Å². The highest BCUT2D eigenvalue weighted by atomic mass is 32.2. The molecule has 2 rings (SSSR count). The molecule has 0 bridgehead atoms. The first-order valence-electron chi connectivity index (χ1n) is 6.09. The number of aromatic nitrogens is 1. The van der Waals surface area contributed by atoms with Crippen LogP contribution in [0.4, 0.5) is 5.69 Å². The minimum absolute atomic E-state index is 0.763. The molecule has 0 atom stereocenters. The molecule has 1 aromatic carbocycles. The number of anilines is 1. The largest absolute Gasteiger partial charge is 0.397 e. The molecule has 90 valence electrons. The molecule has 2 aromatic rings. The lowest BCUT2D eigenvalue weighted by atomic mass is 10.2. The van der Waals surface area contributed by atoms with Crippen LogP contribution in [0.3, 0.4) is 0 Å². The minimum atomic E-state index is 0.763. The molecule has 0 amide bonds. The summed E-state index contributed by atoms with van der Waals surface area (Å²) in [6.45, 7) is 2.23. The quantitative estimate of drug-likeness (QED) is 0.490. The SMILES string of the molecule is CCCCCSc1ccc(N)c2ncccc12. The van der Waals surface area contributed by atoms with E-state index in [1.165, 1.54) is 35.3 Å². The summed E-state index contributed by atoms with van der Waals surface area (Å²) in [5.74, 6) is 1.17. The van der Waals surface area contributed by atoms with Gasteiger partial charge in [0.1, 0.15) is 0 Å². The van der Waals surface area contributed by atoms with Crippen molar-refractivity contribution < 1.29 is 0 Å². The molecule has 17 heavy (non-hydrogen) atoms.